The fourth-order valence-corrected chi connectivity index (χ4v) is 2.09. The molecular weight excluding hydrogens is 295 g/mol. The minimum atomic E-state index is -0.556. The van der Waals surface area contributed by atoms with Gasteiger partial charge in [0, 0.05) is 22.7 Å². The molecule has 110 valence electrons. The van der Waals surface area contributed by atoms with Gasteiger partial charge in [-0.15, -0.1) is 0 Å². The first kappa shape index (κ1) is 15.1. The van der Waals surface area contributed by atoms with Gasteiger partial charge in [-0.1, -0.05) is 17.7 Å². The van der Waals surface area contributed by atoms with Crippen molar-refractivity contribution in [1.82, 2.24) is 5.32 Å². The number of nitrogen functional groups attached to an aromatic ring is 1. The Hall–Kier alpha value is -2.27. The van der Waals surface area contributed by atoms with Crippen LogP contribution < -0.4 is 15.8 Å². The fraction of sp³-hybridized carbons (Fsp3) is 0.133. The molecule has 2 rings (SSSR count). The van der Waals surface area contributed by atoms with Gasteiger partial charge in [0.15, 0.2) is 0 Å². The molecule has 0 saturated heterocycles. The lowest BCUT2D eigenvalue weighted by Gasteiger charge is -2.11. The number of rotatable bonds is 4. The highest BCUT2D eigenvalue weighted by Crippen LogP contribution is 2.26. The van der Waals surface area contributed by atoms with Crippen molar-refractivity contribution in [1.29, 1.82) is 0 Å². The molecule has 0 atom stereocenters. The summed E-state index contributed by atoms with van der Waals surface area (Å²) in [5, 5.41) is 3.19. The van der Waals surface area contributed by atoms with Gasteiger partial charge in [-0.25, -0.2) is 4.39 Å². The first-order valence-corrected chi connectivity index (χ1v) is 6.55. The molecule has 0 saturated carbocycles. The second kappa shape index (κ2) is 6.45. The molecule has 0 unspecified atom stereocenters. The third kappa shape index (κ3) is 3.44. The summed E-state index contributed by atoms with van der Waals surface area (Å²) in [7, 11) is 1.53. The Labute approximate surface area is 126 Å². The Bertz CT molecular complexity index is 677. The van der Waals surface area contributed by atoms with E-state index >= 15 is 0 Å². The highest BCUT2D eigenvalue weighted by Gasteiger charge is 2.11. The number of halogens is 2. The van der Waals surface area contributed by atoms with Gasteiger partial charge in [-0.3, -0.25) is 4.79 Å². The average molecular weight is 309 g/mol. The lowest BCUT2D eigenvalue weighted by molar-refractivity contribution is 0.0950. The van der Waals surface area contributed by atoms with Crippen molar-refractivity contribution in [3.63, 3.8) is 0 Å². The van der Waals surface area contributed by atoms with Crippen LogP contribution in [-0.2, 0) is 6.54 Å². The van der Waals surface area contributed by atoms with Crippen molar-refractivity contribution in [2.45, 2.75) is 6.54 Å². The molecule has 2 aromatic rings. The summed E-state index contributed by atoms with van der Waals surface area (Å²) in [6.07, 6.45) is 0. The summed E-state index contributed by atoms with van der Waals surface area (Å²) >= 11 is 6.08. The summed E-state index contributed by atoms with van der Waals surface area (Å²) in [6, 6.07) is 9.03. The van der Waals surface area contributed by atoms with E-state index in [2.05, 4.69) is 5.32 Å². The van der Waals surface area contributed by atoms with Gasteiger partial charge in [-0.05, 0) is 30.3 Å². The van der Waals surface area contributed by atoms with Crippen molar-refractivity contribution >= 4 is 23.2 Å². The van der Waals surface area contributed by atoms with Crippen LogP contribution in [0.15, 0.2) is 36.4 Å². The van der Waals surface area contributed by atoms with E-state index in [1.165, 1.54) is 19.2 Å². The number of ether oxygens (including phenoxy) is 1. The molecule has 0 aliphatic carbocycles. The van der Waals surface area contributed by atoms with Crippen LogP contribution in [0.5, 0.6) is 5.75 Å². The Morgan fingerprint density at radius 3 is 2.81 bits per heavy atom. The maximum atomic E-state index is 13.1. The number of hydrogen-bond donors (Lipinski definition) is 2. The summed E-state index contributed by atoms with van der Waals surface area (Å²) in [5.41, 5.74) is 6.32. The van der Waals surface area contributed by atoms with Gasteiger partial charge >= 0.3 is 0 Å². The summed E-state index contributed by atoms with van der Waals surface area (Å²) in [4.78, 5) is 12.0. The highest BCUT2D eigenvalue weighted by atomic mass is 35.5. The van der Waals surface area contributed by atoms with Gasteiger partial charge in [-0.2, -0.15) is 0 Å². The molecule has 0 aliphatic rings. The second-order valence-electron chi connectivity index (χ2n) is 4.34. The van der Waals surface area contributed by atoms with Crippen LogP contribution in [0.3, 0.4) is 0 Å². The minimum Gasteiger partial charge on any atom is -0.496 e. The van der Waals surface area contributed by atoms with Gasteiger partial charge in [0.1, 0.15) is 11.6 Å². The van der Waals surface area contributed by atoms with Gasteiger partial charge in [0.05, 0.1) is 12.8 Å². The van der Waals surface area contributed by atoms with Crippen LogP contribution in [0.25, 0.3) is 0 Å². The predicted octanol–water partition coefficient (Wildman–Crippen LogP) is 3.00. The Balaban J connectivity index is 2.13. The van der Waals surface area contributed by atoms with Crippen molar-refractivity contribution in [3.8, 4) is 5.75 Å². The summed E-state index contributed by atoms with van der Waals surface area (Å²) in [5.74, 6) is -0.343. The number of nitrogens with one attached hydrogen (secondary N) is 1. The monoisotopic (exact) mass is 308 g/mol. The van der Waals surface area contributed by atoms with E-state index < -0.39 is 5.82 Å². The largest absolute Gasteiger partial charge is 0.496 e. The Morgan fingerprint density at radius 1 is 1.38 bits per heavy atom. The van der Waals surface area contributed by atoms with Gasteiger partial charge in [0.2, 0.25) is 0 Å². The lowest BCUT2D eigenvalue weighted by Crippen LogP contribution is -2.23. The van der Waals surface area contributed by atoms with Crippen molar-refractivity contribution in [2.75, 3.05) is 12.8 Å². The third-order valence-corrected chi connectivity index (χ3v) is 3.33. The first-order valence-electron chi connectivity index (χ1n) is 6.17. The normalized spacial score (nSPS) is 10.2. The molecule has 0 aliphatic heterocycles. The smallest absolute Gasteiger partial charge is 0.251 e. The molecule has 2 aromatic carbocycles. The fourth-order valence-electron chi connectivity index (χ4n) is 1.86. The van der Waals surface area contributed by atoms with Crippen molar-refractivity contribution < 1.29 is 13.9 Å². The van der Waals surface area contributed by atoms with Crippen molar-refractivity contribution in [3.05, 3.63) is 58.4 Å². The van der Waals surface area contributed by atoms with E-state index in [1.54, 1.807) is 18.2 Å². The molecule has 21 heavy (non-hydrogen) atoms. The number of benzene rings is 2. The van der Waals surface area contributed by atoms with E-state index in [4.69, 9.17) is 22.1 Å². The molecule has 3 N–H and O–H groups in total. The quantitative estimate of drug-likeness (QED) is 0.853. The minimum absolute atomic E-state index is 0.0713. The number of anilines is 1. The predicted molar refractivity (Wildman–Crippen MR) is 80.0 cm³/mol. The van der Waals surface area contributed by atoms with E-state index in [1.807, 2.05) is 0 Å². The number of amides is 1. The second-order valence-corrected chi connectivity index (χ2v) is 4.75. The molecule has 0 bridgehead atoms. The standard InChI is InChI=1S/C15H14ClFN2O2/c1-21-14-4-2-3-11(16)10(14)8-19-15(20)9-5-6-12(17)13(18)7-9/h2-7H,8,18H2,1H3,(H,19,20). The number of methoxy groups -OCH3 is 1. The van der Waals surface area contributed by atoms with E-state index in [9.17, 15) is 9.18 Å². The summed E-state index contributed by atoms with van der Waals surface area (Å²) in [6.45, 7) is 0.193. The number of hydrogen-bond acceptors (Lipinski definition) is 3. The zero-order valence-electron chi connectivity index (χ0n) is 11.3. The van der Waals surface area contributed by atoms with E-state index in [0.29, 0.717) is 16.3 Å². The maximum absolute atomic E-state index is 13.1. The first-order chi connectivity index (χ1) is 10.0. The van der Waals surface area contributed by atoms with E-state index in [0.717, 1.165) is 6.07 Å². The van der Waals surface area contributed by atoms with Crippen LogP contribution in [-0.4, -0.2) is 13.0 Å². The van der Waals surface area contributed by atoms with Crippen molar-refractivity contribution in [2.24, 2.45) is 0 Å². The molecule has 4 nitrogen and oxygen atoms in total. The van der Waals surface area contributed by atoms with Crippen LogP contribution >= 0.6 is 11.6 Å². The van der Waals surface area contributed by atoms with Crippen LogP contribution in [0.1, 0.15) is 15.9 Å². The van der Waals surface area contributed by atoms with Gasteiger partial charge < -0.3 is 15.8 Å². The van der Waals surface area contributed by atoms with Crippen LogP contribution in [0, 0.1) is 5.82 Å². The molecule has 0 aromatic heterocycles. The van der Waals surface area contributed by atoms with E-state index in [-0.39, 0.29) is 23.7 Å². The molecule has 1 amide bonds. The third-order valence-electron chi connectivity index (χ3n) is 2.98. The SMILES string of the molecule is COc1cccc(Cl)c1CNC(=O)c1ccc(F)c(N)c1. The number of nitrogens with two attached hydrogens (primary N) is 1. The zero-order chi connectivity index (χ0) is 15.4. The number of carbonyl (C=O) groups is 1. The molecule has 6 heteroatoms. The summed E-state index contributed by atoms with van der Waals surface area (Å²) < 4.78 is 18.3. The molecule has 0 radical (unpaired) electrons. The van der Waals surface area contributed by atoms with Gasteiger partial charge in [0.25, 0.3) is 5.91 Å². The van der Waals surface area contributed by atoms with Crippen LogP contribution in [0.4, 0.5) is 10.1 Å². The Kier molecular flexibility index (Phi) is 4.65. The Morgan fingerprint density at radius 2 is 2.14 bits per heavy atom. The molecule has 0 heterocycles. The zero-order valence-corrected chi connectivity index (χ0v) is 12.1. The maximum Gasteiger partial charge on any atom is 0.251 e. The average Bonchev–Trinajstić information content (AvgIpc) is 2.48. The lowest BCUT2D eigenvalue weighted by atomic mass is 10.1. The molecule has 0 fully saturated rings. The molecular formula is C15H14ClFN2O2. The van der Waals surface area contributed by atoms with Crippen LogP contribution in [0.2, 0.25) is 5.02 Å². The highest BCUT2D eigenvalue weighted by molar-refractivity contribution is 6.31. The molecule has 0 spiro atoms. The topological polar surface area (TPSA) is 64.3 Å². The number of carbonyl (C=O) groups excluding carboxylic acids is 1.